The van der Waals surface area contributed by atoms with Gasteiger partial charge in [0.25, 0.3) is 5.56 Å². The first-order valence-electron chi connectivity index (χ1n) is 6.54. The minimum absolute atomic E-state index is 0.0879. The largest absolute Gasteiger partial charge is 0.383 e. The highest BCUT2D eigenvalue weighted by Crippen LogP contribution is 2.29. The number of anilines is 2. The van der Waals surface area contributed by atoms with Crippen LogP contribution >= 0.6 is 11.8 Å². The zero-order valence-electron chi connectivity index (χ0n) is 11.1. The summed E-state index contributed by atoms with van der Waals surface area (Å²) in [5.41, 5.74) is 7.20. The highest BCUT2D eigenvalue weighted by molar-refractivity contribution is 8.00. The van der Waals surface area contributed by atoms with E-state index in [1.54, 1.807) is 0 Å². The lowest BCUT2D eigenvalue weighted by atomic mass is 10.1. The summed E-state index contributed by atoms with van der Waals surface area (Å²) in [5, 5.41) is 2.96. The van der Waals surface area contributed by atoms with E-state index in [0.717, 1.165) is 17.7 Å². The van der Waals surface area contributed by atoms with Crippen LogP contribution in [0, 0.1) is 0 Å². The predicted molar refractivity (Wildman–Crippen MR) is 82.3 cm³/mol. The number of aromatic nitrogens is 2. The average molecular weight is 302 g/mol. The van der Waals surface area contributed by atoms with Crippen molar-refractivity contribution in [1.29, 1.82) is 0 Å². The second-order valence-electron chi connectivity index (χ2n) is 4.77. The van der Waals surface area contributed by atoms with Gasteiger partial charge in [0.05, 0.1) is 5.25 Å². The molecule has 0 bridgehead atoms. The summed E-state index contributed by atoms with van der Waals surface area (Å²) in [7, 11) is 0. The molecule has 1 amide bonds. The van der Waals surface area contributed by atoms with Gasteiger partial charge in [-0.25, -0.2) is 4.98 Å². The van der Waals surface area contributed by atoms with Crippen molar-refractivity contribution in [3.8, 4) is 0 Å². The average Bonchev–Trinajstić information content (AvgIpc) is 2.58. The smallest absolute Gasteiger partial charge is 0.253 e. The molecular formula is C14H14N4O2S. The number of carbonyl (C=O) groups is 1. The van der Waals surface area contributed by atoms with Crippen LogP contribution in [0.4, 0.5) is 11.5 Å². The third kappa shape index (κ3) is 3.08. The summed E-state index contributed by atoms with van der Waals surface area (Å²) >= 11 is 1.23. The first kappa shape index (κ1) is 13.7. The number of para-hydroxylation sites is 1. The molecule has 0 saturated carbocycles. The van der Waals surface area contributed by atoms with Crippen LogP contribution < -0.4 is 16.6 Å². The maximum atomic E-state index is 12.3. The van der Waals surface area contributed by atoms with Crippen molar-refractivity contribution in [2.24, 2.45) is 0 Å². The highest BCUT2D eigenvalue weighted by atomic mass is 32.2. The number of hydrogen-bond donors (Lipinski definition) is 3. The lowest BCUT2D eigenvalue weighted by molar-refractivity contribution is -0.115. The monoisotopic (exact) mass is 302 g/mol. The molecule has 1 atom stereocenters. The standard InChI is InChI=1S/C14H14N4O2S/c15-11-7-12(19)18-14(17-11)21-10-6-5-8-3-1-2-4-9(8)16-13(10)20/h1-4,7,10H,5-6H2,(H,16,20)(H3,15,17,18,19)/t10-/m1/s1. The molecule has 0 fully saturated rings. The van der Waals surface area contributed by atoms with Crippen molar-refractivity contribution in [3.63, 3.8) is 0 Å². The number of H-pyrrole nitrogens is 1. The van der Waals surface area contributed by atoms with Gasteiger partial charge >= 0.3 is 0 Å². The number of aromatic amines is 1. The summed E-state index contributed by atoms with van der Waals surface area (Å²) in [6, 6.07) is 8.95. The van der Waals surface area contributed by atoms with E-state index < -0.39 is 0 Å². The van der Waals surface area contributed by atoms with Gasteiger partial charge < -0.3 is 16.0 Å². The number of hydrogen-bond acceptors (Lipinski definition) is 5. The van der Waals surface area contributed by atoms with Gasteiger partial charge in [-0.05, 0) is 24.5 Å². The summed E-state index contributed by atoms with van der Waals surface area (Å²) in [4.78, 5) is 30.3. The molecule has 0 saturated heterocycles. The van der Waals surface area contributed by atoms with Crippen LogP contribution in [0.1, 0.15) is 12.0 Å². The highest BCUT2D eigenvalue weighted by Gasteiger charge is 2.25. The minimum atomic E-state index is -0.317. The number of nitrogens with zero attached hydrogens (tertiary/aromatic N) is 1. The van der Waals surface area contributed by atoms with E-state index in [4.69, 9.17) is 5.73 Å². The summed E-state index contributed by atoms with van der Waals surface area (Å²) in [5.74, 6) is 0.0635. The van der Waals surface area contributed by atoms with E-state index in [2.05, 4.69) is 15.3 Å². The number of carbonyl (C=O) groups excluding carboxylic acids is 1. The van der Waals surface area contributed by atoms with Crippen molar-refractivity contribution >= 4 is 29.2 Å². The van der Waals surface area contributed by atoms with Gasteiger partial charge in [-0.3, -0.25) is 9.59 Å². The lowest BCUT2D eigenvalue weighted by Gasteiger charge is -2.11. The van der Waals surface area contributed by atoms with Crippen molar-refractivity contribution in [1.82, 2.24) is 9.97 Å². The Balaban J connectivity index is 1.81. The van der Waals surface area contributed by atoms with Crippen molar-refractivity contribution in [2.75, 3.05) is 11.1 Å². The maximum Gasteiger partial charge on any atom is 0.253 e. The number of fused-ring (bicyclic) bond motifs is 1. The number of thioether (sulfide) groups is 1. The number of benzene rings is 1. The zero-order chi connectivity index (χ0) is 14.8. The second kappa shape index (κ2) is 5.61. The fourth-order valence-electron chi connectivity index (χ4n) is 2.25. The molecule has 3 rings (SSSR count). The molecule has 21 heavy (non-hydrogen) atoms. The van der Waals surface area contributed by atoms with Gasteiger partial charge in [-0.1, -0.05) is 30.0 Å². The van der Waals surface area contributed by atoms with Crippen LogP contribution in [0.2, 0.25) is 0 Å². The Labute approximate surface area is 125 Å². The Morgan fingerprint density at radius 3 is 2.90 bits per heavy atom. The van der Waals surface area contributed by atoms with Crippen molar-refractivity contribution in [3.05, 3.63) is 46.2 Å². The number of rotatable bonds is 2. The van der Waals surface area contributed by atoms with E-state index in [1.807, 2.05) is 24.3 Å². The molecule has 0 unspecified atom stereocenters. The summed E-state index contributed by atoms with van der Waals surface area (Å²) in [6.45, 7) is 0. The first-order valence-corrected chi connectivity index (χ1v) is 7.42. The zero-order valence-corrected chi connectivity index (χ0v) is 11.9. The fourth-order valence-corrected chi connectivity index (χ4v) is 3.24. The molecule has 1 aliphatic heterocycles. The Kier molecular flexibility index (Phi) is 3.66. The van der Waals surface area contributed by atoms with Crippen LogP contribution in [0.3, 0.4) is 0 Å². The van der Waals surface area contributed by atoms with Gasteiger partial charge in [0, 0.05) is 11.8 Å². The molecule has 1 aliphatic rings. The molecule has 6 nitrogen and oxygen atoms in total. The SMILES string of the molecule is Nc1cc(=O)[nH]c(S[C@@H]2CCc3ccccc3NC2=O)n1. The molecule has 4 N–H and O–H groups in total. The second-order valence-corrected chi connectivity index (χ2v) is 5.96. The number of nitrogens with one attached hydrogen (secondary N) is 2. The van der Waals surface area contributed by atoms with Crippen LogP contribution in [-0.4, -0.2) is 21.1 Å². The van der Waals surface area contributed by atoms with E-state index in [0.29, 0.717) is 11.6 Å². The predicted octanol–water partition coefficient (Wildman–Crippen LogP) is 1.40. The molecule has 7 heteroatoms. The first-order chi connectivity index (χ1) is 10.1. The fraction of sp³-hybridized carbons (Fsp3) is 0.214. The topological polar surface area (TPSA) is 101 Å². The van der Waals surface area contributed by atoms with E-state index in [-0.39, 0.29) is 22.5 Å². The van der Waals surface area contributed by atoms with E-state index in [9.17, 15) is 9.59 Å². The molecule has 1 aromatic heterocycles. The van der Waals surface area contributed by atoms with Crippen LogP contribution in [0.15, 0.2) is 40.3 Å². The van der Waals surface area contributed by atoms with Gasteiger partial charge in [-0.15, -0.1) is 0 Å². The maximum absolute atomic E-state index is 12.3. The van der Waals surface area contributed by atoms with Gasteiger partial charge in [0.1, 0.15) is 5.82 Å². The third-order valence-corrected chi connectivity index (χ3v) is 4.39. The molecule has 0 spiro atoms. The number of nitrogens with two attached hydrogens (primary N) is 1. The molecule has 2 heterocycles. The third-order valence-electron chi connectivity index (χ3n) is 3.24. The van der Waals surface area contributed by atoms with Crippen LogP contribution in [0.5, 0.6) is 0 Å². The van der Waals surface area contributed by atoms with Gasteiger partial charge in [-0.2, -0.15) is 0 Å². The molecular weight excluding hydrogens is 288 g/mol. The molecule has 0 radical (unpaired) electrons. The number of nitrogen functional groups attached to an aromatic ring is 1. The minimum Gasteiger partial charge on any atom is -0.383 e. The van der Waals surface area contributed by atoms with Crippen LogP contribution in [0.25, 0.3) is 0 Å². The van der Waals surface area contributed by atoms with Gasteiger partial charge in [0.15, 0.2) is 5.16 Å². The normalized spacial score (nSPS) is 17.7. The molecule has 1 aromatic carbocycles. The number of amides is 1. The Morgan fingerprint density at radius 2 is 2.10 bits per heavy atom. The van der Waals surface area contributed by atoms with Gasteiger partial charge in [0.2, 0.25) is 5.91 Å². The summed E-state index contributed by atoms with van der Waals surface area (Å²) < 4.78 is 0. The quantitative estimate of drug-likeness (QED) is 0.728. The summed E-state index contributed by atoms with van der Waals surface area (Å²) in [6.07, 6.45) is 1.46. The molecule has 108 valence electrons. The van der Waals surface area contributed by atoms with Crippen LogP contribution in [-0.2, 0) is 11.2 Å². The Bertz CT molecular complexity index is 744. The van der Waals surface area contributed by atoms with Crippen molar-refractivity contribution in [2.45, 2.75) is 23.2 Å². The molecule has 0 aliphatic carbocycles. The van der Waals surface area contributed by atoms with E-state index in [1.165, 1.54) is 17.8 Å². The Morgan fingerprint density at radius 1 is 1.29 bits per heavy atom. The van der Waals surface area contributed by atoms with E-state index >= 15 is 0 Å². The lowest BCUT2D eigenvalue weighted by Crippen LogP contribution is -2.24. The Hall–Kier alpha value is -2.28. The number of aryl methyl sites for hydroxylation is 1. The van der Waals surface area contributed by atoms with Crippen molar-refractivity contribution < 1.29 is 4.79 Å². The molecule has 2 aromatic rings.